The summed E-state index contributed by atoms with van der Waals surface area (Å²) in [6.07, 6.45) is 4.81. The third-order valence-electron chi connectivity index (χ3n) is 9.77. The van der Waals surface area contributed by atoms with E-state index >= 15 is 0 Å². The van der Waals surface area contributed by atoms with E-state index in [2.05, 4.69) is 6.92 Å². The third-order valence-corrected chi connectivity index (χ3v) is 9.77. The molecule has 8 atom stereocenters. The minimum Gasteiger partial charge on any atom is -0.481 e. The van der Waals surface area contributed by atoms with Crippen molar-refractivity contribution in [3.63, 3.8) is 0 Å². The van der Waals surface area contributed by atoms with Crippen LogP contribution < -0.4 is 0 Å². The lowest BCUT2D eigenvalue weighted by molar-refractivity contribution is -0.160. The molecule has 4 fully saturated rings. The molecule has 0 aromatic heterocycles. The number of ketones is 1. The normalized spacial score (nSPS) is 51.2. The second-order valence-corrected chi connectivity index (χ2v) is 10.7. The maximum atomic E-state index is 12.4. The molecule has 1 aliphatic heterocycles. The van der Waals surface area contributed by atoms with Gasteiger partial charge in [-0.3, -0.25) is 14.4 Å². The lowest BCUT2D eigenvalue weighted by Gasteiger charge is -2.58. The molecule has 3 N–H and O–H groups in total. The van der Waals surface area contributed by atoms with Crippen molar-refractivity contribution in [3.05, 3.63) is 11.6 Å². The largest absolute Gasteiger partial charge is 0.481 e. The number of fused-ring (bicyclic) bond motifs is 3. The molecule has 0 bridgehead atoms. The Bertz CT molecular complexity index is 879. The fourth-order valence-electron chi connectivity index (χ4n) is 8.08. The summed E-state index contributed by atoms with van der Waals surface area (Å²) in [5.74, 6) is -2.70. The number of epoxide rings is 1. The van der Waals surface area contributed by atoms with Crippen LogP contribution in [0, 0.1) is 28.6 Å². The highest BCUT2D eigenvalue weighted by molar-refractivity contribution is 5.92. The van der Waals surface area contributed by atoms with Gasteiger partial charge in [-0.1, -0.05) is 19.4 Å². The molecule has 7 heteroatoms. The second-order valence-electron chi connectivity index (χ2n) is 10.7. The summed E-state index contributed by atoms with van der Waals surface area (Å²) in [6, 6.07) is 0. The van der Waals surface area contributed by atoms with Crippen molar-refractivity contribution in [2.45, 2.75) is 82.5 Å². The molecule has 5 rings (SSSR count). The number of carbonyl (C=O) groups excluding carboxylic acids is 1. The first-order valence-corrected chi connectivity index (χ1v) is 11.1. The highest BCUT2D eigenvalue weighted by atomic mass is 16.6. The maximum absolute atomic E-state index is 12.4. The maximum Gasteiger partial charge on any atom is 0.307 e. The van der Waals surface area contributed by atoms with E-state index in [1.807, 2.05) is 6.92 Å². The molecular formula is C23H30O7. The molecule has 30 heavy (non-hydrogen) atoms. The summed E-state index contributed by atoms with van der Waals surface area (Å²) in [5, 5.41) is 30.9. The van der Waals surface area contributed by atoms with Crippen molar-refractivity contribution in [2.24, 2.45) is 28.6 Å². The molecular weight excluding hydrogens is 388 g/mol. The van der Waals surface area contributed by atoms with Crippen LogP contribution in [0.5, 0.6) is 0 Å². The highest BCUT2D eigenvalue weighted by Gasteiger charge is 2.82. The van der Waals surface area contributed by atoms with E-state index in [1.165, 1.54) is 0 Å². The average molecular weight is 418 g/mol. The van der Waals surface area contributed by atoms with Gasteiger partial charge in [0.2, 0.25) is 0 Å². The van der Waals surface area contributed by atoms with E-state index < -0.39 is 34.5 Å². The van der Waals surface area contributed by atoms with E-state index in [4.69, 9.17) is 9.84 Å². The summed E-state index contributed by atoms with van der Waals surface area (Å²) < 4.78 is 6.44. The Morgan fingerprint density at radius 3 is 2.63 bits per heavy atom. The molecule has 0 radical (unpaired) electrons. The quantitative estimate of drug-likeness (QED) is 0.599. The van der Waals surface area contributed by atoms with Crippen LogP contribution >= 0.6 is 0 Å². The van der Waals surface area contributed by atoms with Gasteiger partial charge >= 0.3 is 11.9 Å². The fourth-order valence-corrected chi connectivity index (χ4v) is 8.08. The van der Waals surface area contributed by atoms with E-state index in [9.17, 15) is 24.6 Å². The zero-order chi connectivity index (χ0) is 21.7. The van der Waals surface area contributed by atoms with Crippen LogP contribution in [0.1, 0.15) is 65.2 Å². The average Bonchev–Trinajstić information content (AvgIpc) is 3.32. The van der Waals surface area contributed by atoms with Gasteiger partial charge in [0.25, 0.3) is 0 Å². The Hall–Kier alpha value is -1.73. The molecule has 1 unspecified atom stereocenters. The van der Waals surface area contributed by atoms with Crippen molar-refractivity contribution in [1.29, 1.82) is 0 Å². The first kappa shape index (κ1) is 20.2. The number of carbonyl (C=O) groups is 3. The SMILES string of the molecule is C[C@]12CCC(=O)C=C1C[C@@H](C(=O)O)[C@H]1[C@@H]3CC[C@@](O)(CCC(=O)O)[C@@]3(C)C[C@@H]3OC132. The lowest BCUT2D eigenvalue weighted by atomic mass is 9.43. The van der Waals surface area contributed by atoms with Crippen molar-refractivity contribution >= 4 is 17.7 Å². The first-order valence-electron chi connectivity index (χ1n) is 11.1. The molecule has 1 heterocycles. The number of hydrogen-bond donors (Lipinski definition) is 3. The zero-order valence-corrected chi connectivity index (χ0v) is 17.5. The highest BCUT2D eigenvalue weighted by Crippen LogP contribution is 2.77. The molecule has 1 saturated heterocycles. The van der Waals surface area contributed by atoms with Gasteiger partial charge in [0.15, 0.2) is 5.78 Å². The number of rotatable bonds is 4. The molecule has 0 aromatic carbocycles. The summed E-state index contributed by atoms with van der Waals surface area (Å²) in [4.78, 5) is 35.7. The summed E-state index contributed by atoms with van der Waals surface area (Å²) in [5.41, 5.74) is -1.74. The number of carboxylic acid groups (broad SMARTS) is 2. The number of aliphatic hydroxyl groups is 1. The van der Waals surface area contributed by atoms with Crippen molar-refractivity contribution in [1.82, 2.24) is 0 Å². The van der Waals surface area contributed by atoms with Crippen LogP contribution in [0.3, 0.4) is 0 Å². The van der Waals surface area contributed by atoms with Gasteiger partial charge < -0.3 is 20.1 Å². The molecule has 3 saturated carbocycles. The van der Waals surface area contributed by atoms with Gasteiger partial charge in [-0.2, -0.15) is 0 Å². The Kier molecular flexibility index (Phi) is 4.00. The van der Waals surface area contributed by atoms with Crippen LogP contribution in [0.4, 0.5) is 0 Å². The van der Waals surface area contributed by atoms with Crippen molar-refractivity contribution in [2.75, 3.05) is 0 Å². The molecule has 4 aliphatic carbocycles. The van der Waals surface area contributed by atoms with Crippen LogP contribution in [0.15, 0.2) is 11.6 Å². The topological polar surface area (TPSA) is 124 Å². The van der Waals surface area contributed by atoms with E-state index in [0.29, 0.717) is 38.5 Å². The lowest BCUT2D eigenvalue weighted by Crippen LogP contribution is -2.63. The van der Waals surface area contributed by atoms with Gasteiger partial charge in [0.1, 0.15) is 5.60 Å². The standard InChI is InChI=1S/C23H30O7/c1-20-6-3-13(24)9-12(20)10-14(19(27)28)18-15-4-7-22(29,8-5-17(25)26)21(15,2)11-16-23(18,20)30-16/h9,14-16,18,29H,3-8,10-11H2,1-2H3,(H,25,26)(H,27,28)/t14-,15+,16+,18+,20+,21+,22-,23?/m1/s1. The minimum atomic E-state index is -1.13. The predicted octanol–water partition coefficient (Wildman–Crippen LogP) is 2.56. The fraction of sp³-hybridized carbons (Fsp3) is 0.783. The molecule has 0 amide bonds. The zero-order valence-electron chi connectivity index (χ0n) is 17.5. The third kappa shape index (κ3) is 2.25. The van der Waals surface area contributed by atoms with Crippen LogP contribution in [-0.2, 0) is 19.1 Å². The van der Waals surface area contributed by atoms with Gasteiger partial charge in [0.05, 0.1) is 17.6 Å². The van der Waals surface area contributed by atoms with Crippen LogP contribution in [0.25, 0.3) is 0 Å². The van der Waals surface area contributed by atoms with Gasteiger partial charge in [-0.25, -0.2) is 0 Å². The van der Waals surface area contributed by atoms with Crippen LogP contribution in [0.2, 0.25) is 0 Å². The second kappa shape index (κ2) is 5.94. The minimum absolute atomic E-state index is 0.0489. The smallest absolute Gasteiger partial charge is 0.307 e. The van der Waals surface area contributed by atoms with Crippen molar-refractivity contribution < 1.29 is 34.4 Å². The number of ether oxygens (including phenoxy) is 1. The van der Waals surface area contributed by atoms with Crippen LogP contribution in [-0.4, -0.2) is 50.3 Å². The molecule has 1 spiro atoms. The Morgan fingerprint density at radius 2 is 1.97 bits per heavy atom. The Morgan fingerprint density at radius 1 is 1.23 bits per heavy atom. The molecule has 164 valence electrons. The number of aliphatic carboxylic acids is 2. The van der Waals surface area contributed by atoms with E-state index in [-0.39, 0.29) is 42.0 Å². The van der Waals surface area contributed by atoms with Gasteiger partial charge in [0, 0.05) is 29.6 Å². The van der Waals surface area contributed by atoms with Crippen molar-refractivity contribution in [3.8, 4) is 0 Å². The molecule has 0 aromatic rings. The van der Waals surface area contributed by atoms with E-state index in [0.717, 1.165) is 5.57 Å². The number of hydrogen-bond acceptors (Lipinski definition) is 5. The van der Waals surface area contributed by atoms with Gasteiger partial charge in [-0.15, -0.1) is 0 Å². The van der Waals surface area contributed by atoms with E-state index in [1.54, 1.807) is 6.08 Å². The Balaban J connectivity index is 1.59. The molecule has 7 nitrogen and oxygen atoms in total. The monoisotopic (exact) mass is 418 g/mol. The molecule has 5 aliphatic rings. The summed E-state index contributed by atoms with van der Waals surface area (Å²) in [6.45, 7) is 4.14. The van der Waals surface area contributed by atoms with Gasteiger partial charge in [-0.05, 0) is 50.5 Å². The summed E-state index contributed by atoms with van der Waals surface area (Å²) in [7, 11) is 0. The first-order chi connectivity index (χ1) is 14.0. The Labute approximate surface area is 175 Å². The number of carboxylic acids is 2. The summed E-state index contributed by atoms with van der Waals surface area (Å²) >= 11 is 0. The predicted molar refractivity (Wildman–Crippen MR) is 105 cm³/mol.